The molecule has 43 heavy (non-hydrogen) atoms. The van der Waals surface area contributed by atoms with E-state index in [1.54, 1.807) is 18.3 Å². The van der Waals surface area contributed by atoms with E-state index in [1.807, 2.05) is 12.1 Å². The standard InChI is InChI=1S/C34H37NO7Si/c1-34(2,3)43(25-13-8-6-9-14-25,26-15-10-7-11-16-26)42-24-19-18-23(21-24)40-31-27(30-28(38-4)17-12-20-35-30)22-29(32(36)39-5)41-33(31)37/h6-17,20,22-24H,18-19,21H2,1-5H3/t23-,24+/m0/s1. The van der Waals surface area contributed by atoms with Crippen LogP contribution in [0.15, 0.2) is 94.3 Å². The number of benzene rings is 2. The number of pyridine rings is 1. The molecule has 0 spiro atoms. The van der Waals surface area contributed by atoms with Crippen LogP contribution in [0.5, 0.6) is 11.5 Å². The summed E-state index contributed by atoms with van der Waals surface area (Å²) in [5.74, 6) is -0.630. The Morgan fingerprint density at radius 1 is 0.907 bits per heavy atom. The van der Waals surface area contributed by atoms with Gasteiger partial charge in [-0.1, -0.05) is 81.4 Å². The lowest BCUT2D eigenvalue weighted by atomic mass is 10.1. The van der Waals surface area contributed by atoms with Crippen molar-refractivity contribution >= 4 is 24.7 Å². The molecular weight excluding hydrogens is 562 g/mol. The Morgan fingerprint density at radius 3 is 2.12 bits per heavy atom. The maximum Gasteiger partial charge on any atom is 0.379 e. The van der Waals surface area contributed by atoms with Crippen molar-refractivity contribution in [3.05, 3.63) is 101 Å². The van der Waals surface area contributed by atoms with E-state index in [0.29, 0.717) is 29.8 Å². The largest absolute Gasteiger partial charge is 0.494 e. The summed E-state index contributed by atoms with van der Waals surface area (Å²) in [6, 6.07) is 25.9. The monoisotopic (exact) mass is 599 g/mol. The average molecular weight is 600 g/mol. The summed E-state index contributed by atoms with van der Waals surface area (Å²) < 4.78 is 29.3. The van der Waals surface area contributed by atoms with Crippen LogP contribution < -0.4 is 25.5 Å². The SMILES string of the molecule is COC(=O)c1cc(-c2ncccc2OC)c(O[C@H]2CC[C@@H](O[Si](c3ccccc3)(c3ccccc3)C(C)(C)C)C2)c(=O)o1. The van der Waals surface area contributed by atoms with Gasteiger partial charge in [0.2, 0.25) is 11.5 Å². The molecule has 2 heterocycles. The molecule has 2 aromatic carbocycles. The van der Waals surface area contributed by atoms with Gasteiger partial charge in [0.1, 0.15) is 17.5 Å². The summed E-state index contributed by atoms with van der Waals surface area (Å²) in [7, 11) is -0.0290. The van der Waals surface area contributed by atoms with Crippen LogP contribution in [0.4, 0.5) is 0 Å². The Bertz CT molecular complexity index is 1580. The van der Waals surface area contributed by atoms with E-state index in [2.05, 4.69) is 74.3 Å². The molecule has 1 fully saturated rings. The van der Waals surface area contributed by atoms with E-state index < -0.39 is 19.9 Å². The smallest absolute Gasteiger partial charge is 0.379 e. The summed E-state index contributed by atoms with van der Waals surface area (Å²) >= 11 is 0. The number of carbonyl (C=O) groups excluding carboxylic acids is 1. The molecule has 2 atom stereocenters. The van der Waals surface area contributed by atoms with E-state index in [1.165, 1.54) is 30.7 Å². The Hall–Kier alpha value is -4.21. The Labute approximate surface area is 252 Å². The lowest BCUT2D eigenvalue weighted by molar-refractivity contribution is 0.0558. The fourth-order valence-corrected chi connectivity index (χ4v) is 10.7. The van der Waals surface area contributed by atoms with Crippen LogP contribution in [-0.2, 0) is 9.16 Å². The number of ether oxygens (including phenoxy) is 3. The maximum absolute atomic E-state index is 13.3. The van der Waals surface area contributed by atoms with Gasteiger partial charge in [-0.2, -0.15) is 0 Å². The molecule has 1 saturated carbocycles. The minimum absolute atomic E-state index is 0.0271. The first-order chi connectivity index (χ1) is 20.7. The number of methoxy groups -OCH3 is 2. The van der Waals surface area contributed by atoms with Crippen LogP contribution in [0.3, 0.4) is 0 Å². The molecule has 0 radical (unpaired) electrons. The molecule has 0 amide bonds. The molecule has 1 aliphatic carbocycles. The number of hydrogen-bond donors (Lipinski definition) is 0. The van der Waals surface area contributed by atoms with Crippen LogP contribution in [0.1, 0.15) is 50.6 Å². The molecule has 4 aromatic rings. The molecule has 9 heteroatoms. The molecule has 0 saturated heterocycles. The highest BCUT2D eigenvalue weighted by molar-refractivity contribution is 6.99. The second-order valence-corrected chi connectivity index (χ2v) is 15.9. The molecule has 0 unspecified atom stereocenters. The van der Waals surface area contributed by atoms with E-state index in [0.717, 1.165) is 6.42 Å². The number of carbonyl (C=O) groups is 1. The third-order valence-electron chi connectivity index (χ3n) is 7.92. The number of esters is 1. The molecule has 0 bridgehead atoms. The fraction of sp³-hybridized carbons (Fsp3) is 0.324. The minimum atomic E-state index is -2.76. The lowest BCUT2D eigenvalue weighted by Gasteiger charge is -2.44. The molecule has 0 aliphatic heterocycles. The van der Waals surface area contributed by atoms with Crippen LogP contribution in [0, 0.1) is 0 Å². The minimum Gasteiger partial charge on any atom is -0.494 e. The van der Waals surface area contributed by atoms with Gasteiger partial charge >= 0.3 is 11.6 Å². The van der Waals surface area contributed by atoms with Crippen molar-refractivity contribution < 1.29 is 27.8 Å². The molecule has 8 nitrogen and oxygen atoms in total. The van der Waals surface area contributed by atoms with Crippen molar-refractivity contribution in [3.8, 4) is 22.8 Å². The molecule has 5 rings (SSSR count). The lowest BCUT2D eigenvalue weighted by Crippen LogP contribution is -2.67. The third kappa shape index (κ3) is 6.00. The second-order valence-electron chi connectivity index (χ2n) is 11.6. The van der Waals surface area contributed by atoms with E-state index in [-0.39, 0.29) is 28.8 Å². The summed E-state index contributed by atoms with van der Waals surface area (Å²) in [4.78, 5) is 30.0. The number of aromatic nitrogens is 1. The molecule has 2 aromatic heterocycles. The van der Waals surface area contributed by atoms with Gasteiger partial charge < -0.3 is 23.1 Å². The van der Waals surface area contributed by atoms with Crippen molar-refractivity contribution in [1.82, 2.24) is 4.98 Å². The van der Waals surface area contributed by atoms with Crippen LogP contribution in [-0.4, -0.2) is 45.7 Å². The van der Waals surface area contributed by atoms with Crippen LogP contribution in [0.2, 0.25) is 5.04 Å². The highest BCUT2D eigenvalue weighted by Crippen LogP contribution is 2.41. The first-order valence-electron chi connectivity index (χ1n) is 14.4. The van der Waals surface area contributed by atoms with Gasteiger partial charge in [-0.25, -0.2) is 9.59 Å². The number of rotatable bonds is 9. The van der Waals surface area contributed by atoms with Crippen molar-refractivity contribution in [2.75, 3.05) is 14.2 Å². The van der Waals surface area contributed by atoms with Gasteiger partial charge in [0, 0.05) is 24.8 Å². The first kappa shape index (κ1) is 30.3. The summed E-state index contributed by atoms with van der Waals surface area (Å²) in [5, 5.41) is 2.26. The van der Waals surface area contributed by atoms with Crippen molar-refractivity contribution in [1.29, 1.82) is 0 Å². The zero-order valence-corrected chi connectivity index (χ0v) is 26.2. The number of hydrogen-bond acceptors (Lipinski definition) is 8. The molecular formula is C34H37NO7Si. The normalized spacial score (nSPS) is 17.0. The zero-order valence-electron chi connectivity index (χ0n) is 25.2. The second kappa shape index (κ2) is 12.6. The average Bonchev–Trinajstić information content (AvgIpc) is 3.47. The van der Waals surface area contributed by atoms with E-state index in [9.17, 15) is 9.59 Å². The van der Waals surface area contributed by atoms with Gasteiger partial charge in [-0.05, 0) is 40.4 Å². The molecule has 224 valence electrons. The Morgan fingerprint density at radius 2 is 1.53 bits per heavy atom. The van der Waals surface area contributed by atoms with Gasteiger partial charge in [0.25, 0.3) is 8.32 Å². The molecule has 1 aliphatic rings. The topological polar surface area (TPSA) is 97.1 Å². The zero-order chi connectivity index (χ0) is 30.6. The van der Waals surface area contributed by atoms with Crippen LogP contribution in [0.25, 0.3) is 11.3 Å². The Kier molecular flexibility index (Phi) is 8.84. The summed E-state index contributed by atoms with van der Waals surface area (Å²) in [5.41, 5.74) is -0.136. The predicted octanol–water partition coefficient (Wildman–Crippen LogP) is 5.37. The van der Waals surface area contributed by atoms with Crippen LogP contribution >= 0.6 is 0 Å². The quantitative estimate of drug-likeness (QED) is 0.187. The molecule has 0 N–H and O–H groups in total. The highest BCUT2D eigenvalue weighted by atomic mass is 28.4. The van der Waals surface area contributed by atoms with Gasteiger partial charge in [-0.15, -0.1) is 0 Å². The van der Waals surface area contributed by atoms with E-state index in [4.69, 9.17) is 23.1 Å². The van der Waals surface area contributed by atoms with Gasteiger partial charge in [0.05, 0.1) is 19.8 Å². The third-order valence-corrected chi connectivity index (χ3v) is 13.0. The first-order valence-corrected chi connectivity index (χ1v) is 16.3. The Balaban J connectivity index is 1.49. The van der Waals surface area contributed by atoms with Gasteiger partial charge in [-0.3, -0.25) is 4.98 Å². The van der Waals surface area contributed by atoms with Crippen molar-refractivity contribution in [2.45, 2.75) is 57.3 Å². The van der Waals surface area contributed by atoms with Crippen molar-refractivity contribution in [2.24, 2.45) is 0 Å². The van der Waals surface area contributed by atoms with Gasteiger partial charge in [0.15, 0.2) is 0 Å². The summed E-state index contributed by atoms with van der Waals surface area (Å²) in [6.07, 6.45) is 3.20. The van der Waals surface area contributed by atoms with E-state index >= 15 is 0 Å². The van der Waals surface area contributed by atoms with Crippen molar-refractivity contribution in [3.63, 3.8) is 0 Å². The highest BCUT2D eigenvalue weighted by Gasteiger charge is 2.52. The fourth-order valence-electron chi connectivity index (χ4n) is 5.95. The number of nitrogens with zero attached hydrogens (tertiary/aromatic N) is 1. The maximum atomic E-state index is 13.3. The summed E-state index contributed by atoms with van der Waals surface area (Å²) in [6.45, 7) is 6.76. The predicted molar refractivity (Wildman–Crippen MR) is 167 cm³/mol.